The Morgan fingerprint density at radius 1 is 1.43 bits per heavy atom. The van der Waals surface area contributed by atoms with Gasteiger partial charge in [0.25, 0.3) is 0 Å². The minimum atomic E-state index is -0.478. The Morgan fingerprint density at radius 2 is 2.36 bits per heavy atom. The number of hydrogen-bond acceptors (Lipinski definition) is 5. The van der Waals surface area contributed by atoms with Crippen LogP contribution in [0.25, 0.3) is 0 Å². The van der Waals surface area contributed by atoms with Crippen molar-refractivity contribution in [2.45, 2.75) is 18.9 Å². The van der Waals surface area contributed by atoms with Crippen molar-refractivity contribution in [3.8, 4) is 0 Å². The molecule has 0 aliphatic rings. The quantitative estimate of drug-likeness (QED) is 0.870. The molecule has 0 saturated carbocycles. The SMILES string of the molecule is OC(CCc1ccsc1)c1csnn1. The Morgan fingerprint density at radius 3 is 3.00 bits per heavy atom. The molecule has 3 nitrogen and oxygen atoms in total. The van der Waals surface area contributed by atoms with Gasteiger partial charge in [0, 0.05) is 5.38 Å². The summed E-state index contributed by atoms with van der Waals surface area (Å²) in [6.07, 6.45) is 1.12. The molecule has 5 heteroatoms. The van der Waals surface area contributed by atoms with Crippen LogP contribution in [-0.4, -0.2) is 14.7 Å². The van der Waals surface area contributed by atoms with Crippen molar-refractivity contribution >= 4 is 22.9 Å². The smallest absolute Gasteiger partial charge is 0.104 e. The van der Waals surface area contributed by atoms with E-state index >= 15 is 0 Å². The van der Waals surface area contributed by atoms with Crippen LogP contribution in [0.15, 0.2) is 22.2 Å². The Balaban J connectivity index is 1.87. The lowest BCUT2D eigenvalue weighted by Gasteiger charge is -2.05. The van der Waals surface area contributed by atoms with E-state index in [2.05, 4.69) is 21.0 Å². The lowest BCUT2D eigenvalue weighted by Crippen LogP contribution is -1.99. The van der Waals surface area contributed by atoms with Crippen LogP contribution in [-0.2, 0) is 6.42 Å². The van der Waals surface area contributed by atoms with Crippen molar-refractivity contribution in [3.63, 3.8) is 0 Å². The van der Waals surface area contributed by atoms with Crippen molar-refractivity contribution in [2.75, 3.05) is 0 Å². The zero-order valence-corrected chi connectivity index (χ0v) is 9.09. The van der Waals surface area contributed by atoms with Gasteiger partial charge in [0.2, 0.25) is 0 Å². The standard InChI is InChI=1S/C9H10N2OS2/c12-9(8-6-14-11-10-8)2-1-7-3-4-13-5-7/h3-6,9,12H,1-2H2. The molecule has 1 N–H and O–H groups in total. The molecule has 0 spiro atoms. The Hall–Kier alpha value is -0.780. The average molecular weight is 226 g/mol. The first-order valence-electron chi connectivity index (χ1n) is 4.32. The van der Waals surface area contributed by atoms with Crippen LogP contribution in [0, 0.1) is 0 Å². The molecule has 0 aliphatic carbocycles. The highest BCUT2D eigenvalue weighted by Crippen LogP contribution is 2.18. The molecular weight excluding hydrogens is 216 g/mol. The van der Waals surface area contributed by atoms with E-state index in [1.165, 1.54) is 17.1 Å². The molecular formula is C9H10N2OS2. The highest BCUT2D eigenvalue weighted by molar-refractivity contribution is 7.07. The Bertz CT molecular complexity index is 358. The number of aryl methyl sites for hydroxylation is 1. The van der Waals surface area contributed by atoms with E-state index in [-0.39, 0.29) is 0 Å². The highest BCUT2D eigenvalue weighted by Gasteiger charge is 2.10. The molecule has 1 atom stereocenters. The number of aliphatic hydroxyl groups excluding tert-OH is 1. The summed E-state index contributed by atoms with van der Waals surface area (Å²) < 4.78 is 3.72. The third kappa shape index (κ3) is 2.37. The first-order chi connectivity index (χ1) is 6.86. The third-order valence-electron chi connectivity index (χ3n) is 2.00. The molecule has 0 bridgehead atoms. The van der Waals surface area contributed by atoms with E-state index in [1.54, 1.807) is 16.7 Å². The zero-order valence-electron chi connectivity index (χ0n) is 7.46. The van der Waals surface area contributed by atoms with Gasteiger partial charge in [0.1, 0.15) is 5.69 Å². The molecule has 0 fully saturated rings. The Kier molecular flexibility index (Phi) is 3.23. The molecule has 14 heavy (non-hydrogen) atoms. The van der Waals surface area contributed by atoms with Gasteiger partial charge < -0.3 is 5.11 Å². The van der Waals surface area contributed by atoms with E-state index in [9.17, 15) is 5.11 Å². The molecule has 0 aromatic carbocycles. The molecule has 74 valence electrons. The molecule has 2 heterocycles. The third-order valence-corrected chi connectivity index (χ3v) is 3.26. The summed E-state index contributed by atoms with van der Waals surface area (Å²) >= 11 is 2.95. The van der Waals surface area contributed by atoms with Crippen LogP contribution in [0.2, 0.25) is 0 Å². The summed E-state index contributed by atoms with van der Waals surface area (Å²) in [6, 6.07) is 2.08. The molecule has 0 radical (unpaired) electrons. The number of hydrogen-bond donors (Lipinski definition) is 1. The van der Waals surface area contributed by atoms with Crippen LogP contribution in [0.3, 0.4) is 0 Å². The van der Waals surface area contributed by atoms with E-state index in [1.807, 2.05) is 5.38 Å². The summed E-state index contributed by atoms with van der Waals surface area (Å²) in [4.78, 5) is 0. The van der Waals surface area contributed by atoms with Crippen LogP contribution < -0.4 is 0 Å². The largest absolute Gasteiger partial charge is 0.387 e. The van der Waals surface area contributed by atoms with Crippen LogP contribution >= 0.6 is 22.9 Å². The van der Waals surface area contributed by atoms with Crippen LogP contribution in [0.4, 0.5) is 0 Å². The molecule has 0 amide bonds. The van der Waals surface area contributed by atoms with Crippen molar-refractivity contribution in [3.05, 3.63) is 33.5 Å². The van der Waals surface area contributed by atoms with Gasteiger partial charge in [-0.2, -0.15) is 11.3 Å². The van der Waals surface area contributed by atoms with Gasteiger partial charge in [0.15, 0.2) is 0 Å². The minimum absolute atomic E-state index is 0.478. The Labute approximate surface area is 90.2 Å². The fourth-order valence-corrected chi connectivity index (χ4v) is 2.41. The van der Waals surface area contributed by atoms with Crippen molar-refractivity contribution in [1.29, 1.82) is 0 Å². The molecule has 1 unspecified atom stereocenters. The topological polar surface area (TPSA) is 46.0 Å². The summed E-state index contributed by atoms with van der Waals surface area (Å²) in [5, 5.41) is 19.5. The van der Waals surface area contributed by atoms with E-state index in [0.29, 0.717) is 12.1 Å². The lowest BCUT2D eigenvalue weighted by molar-refractivity contribution is 0.163. The van der Waals surface area contributed by atoms with E-state index in [4.69, 9.17) is 0 Å². The van der Waals surface area contributed by atoms with Crippen LogP contribution in [0.5, 0.6) is 0 Å². The summed E-state index contributed by atoms with van der Waals surface area (Å²) in [5.41, 5.74) is 1.96. The van der Waals surface area contributed by atoms with Gasteiger partial charge in [-0.15, -0.1) is 5.10 Å². The second-order valence-electron chi connectivity index (χ2n) is 3.02. The second kappa shape index (κ2) is 4.63. The lowest BCUT2D eigenvalue weighted by atomic mass is 10.1. The van der Waals surface area contributed by atoms with Crippen molar-refractivity contribution < 1.29 is 5.11 Å². The normalized spacial score (nSPS) is 12.9. The van der Waals surface area contributed by atoms with Gasteiger partial charge in [-0.05, 0) is 46.8 Å². The number of aromatic nitrogens is 2. The number of aliphatic hydroxyl groups is 1. The van der Waals surface area contributed by atoms with E-state index in [0.717, 1.165) is 6.42 Å². The zero-order chi connectivity index (χ0) is 9.80. The maximum Gasteiger partial charge on any atom is 0.104 e. The maximum atomic E-state index is 9.72. The van der Waals surface area contributed by atoms with Crippen molar-refractivity contribution in [2.24, 2.45) is 0 Å². The predicted octanol–water partition coefficient (Wildman–Crippen LogP) is 2.27. The monoisotopic (exact) mass is 226 g/mol. The highest BCUT2D eigenvalue weighted by atomic mass is 32.1. The molecule has 2 aromatic rings. The van der Waals surface area contributed by atoms with Gasteiger partial charge >= 0.3 is 0 Å². The first-order valence-corrected chi connectivity index (χ1v) is 6.10. The van der Waals surface area contributed by atoms with Gasteiger partial charge in [-0.1, -0.05) is 4.49 Å². The fourth-order valence-electron chi connectivity index (χ4n) is 1.20. The van der Waals surface area contributed by atoms with Gasteiger partial charge in [-0.3, -0.25) is 0 Å². The number of nitrogens with zero attached hydrogens (tertiary/aromatic N) is 2. The van der Waals surface area contributed by atoms with Gasteiger partial charge in [-0.25, -0.2) is 0 Å². The minimum Gasteiger partial charge on any atom is -0.387 e. The predicted molar refractivity (Wildman–Crippen MR) is 57.5 cm³/mol. The summed E-state index contributed by atoms with van der Waals surface area (Å²) in [7, 11) is 0. The van der Waals surface area contributed by atoms with Crippen LogP contribution in [0.1, 0.15) is 23.8 Å². The maximum absolute atomic E-state index is 9.72. The summed E-state index contributed by atoms with van der Waals surface area (Å²) in [6.45, 7) is 0. The summed E-state index contributed by atoms with van der Waals surface area (Å²) in [5.74, 6) is 0. The van der Waals surface area contributed by atoms with Crippen molar-refractivity contribution in [1.82, 2.24) is 9.59 Å². The first kappa shape index (κ1) is 9.76. The molecule has 2 aromatic heterocycles. The number of rotatable bonds is 4. The second-order valence-corrected chi connectivity index (χ2v) is 4.41. The van der Waals surface area contributed by atoms with Gasteiger partial charge in [0.05, 0.1) is 6.10 Å². The molecule has 0 saturated heterocycles. The molecule has 2 rings (SSSR count). The number of thiophene rings is 1. The molecule has 0 aliphatic heterocycles. The average Bonchev–Trinajstić information content (AvgIpc) is 2.87. The van der Waals surface area contributed by atoms with E-state index < -0.39 is 6.10 Å². The fraction of sp³-hybridized carbons (Fsp3) is 0.333.